The van der Waals surface area contributed by atoms with Crippen LogP contribution < -0.4 is 0 Å². The van der Waals surface area contributed by atoms with E-state index < -0.39 is 0 Å². The summed E-state index contributed by atoms with van der Waals surface area (Å²) in [6.07, 6.45) is 11.4. The van der Waals surface area contributed by atoms with Crippen LogP contribution in [-0.2, 0) is 0 Å². The lowest BCUT2D eigenvalue weighted by atomic mass is 10.0. The highest BCUT2D eigenvalue weighted by molar-refractivity contribution is 5.87. The summed E-state index contributed by atoms with van der Waals surface area (Å²) >= 11 is 0. The van der Waals surface area contributed by atoms with Crippen molar-refractivity contribution in [3.63, 3.8) is 0 Å². The van der Waals surface area contributed by atoms with Crippen molar-refractivity contribution in [1.82, 2.24) is 0 Å². The highest BCUT2D eigenvalue weighted by atomic mass is 16.3. The molecule has 0 bridgehead atoms. The molecule has 0 aliphatic carbocycles. The lowest BCUT2D eigenvalue weighted by Gasteiger charge is -2.02. The van der Waals surface area contributed by atoms with E-state index in [0.29, 0.717) is 5.56 Å². The second kappa shape index (κ2) is 11.0. The summed E-state index contributed by atoms with van der Waals surface area (Å²) in [5.74, 6) is 0.209. The first-order chi connectivity index (χ1) is 12.3. The Hall–Kier alpha value is -2.68. The quantitative estimate of drug-likeness (QED) is 0.349. The first kappa shape index (κ1) is 18.7. The number of rotatable bonds is 9. The van der Waals surface area contributed by atoms with Gasteiger partial charge in [-0.25, -0.2) is 0 Å². The molecule has 0 saturated heterocycles. The number of allylic oxidation sites excluding steroid dienone is 1. The third-order valence-corrected chi connectivity index (χ3v) is 3.89. The van der Waals surface area contributed by atoms with Gasteiger partial charge >= 0.3 is 0 Å². The Kier molecular flexibility index (Phi) is 8.19. The number of unbranched alkanes of at least 4 members (excludes halogenated alkanes) is 3. The normalized spacial score (nSPS) is 12.3. The molecule has 3 nitrogen and oxygen atoms in total. The van der Waals surface area contributed by atoms with Crippen molar-refractivity contribution in [2.45, 2.75) is 39.0 Å². The highest BCUT2D eigenvalue weighted by Crippen LogP contribution is 2.14. The van der Waals surface area contributed by atoms with Gasteiger partial charge in [0.15, 0.2) is 0 Å². The molecule has 0 aromatic heterocycles. The molecule has 0 aliphatic heterocycles. The average molecular weight is 334 g/mol. The van der Waals surface area contributed by atoms with Gasteiger partial charge in [0, 0.05) is 5.56 Å². The van der Waals surface area contributed by atoms with Gasteiger partial charge < -0.3 is 5.11 Å². The minimum absolute atomic E-state index is 0.209. The third kappa shape index (κ3) is 7.17. The molecule has 0 saturated carbocycles. The SMILES string of the molecule is CCCCCCC(C=NN=Cc1ccccc1O)=Cc1ccccc1. The maximum Gasteiger partial charge on any atom is 0.124 e. The molecule has 2 rings (SSSR count). The van der Waals surface area contributed by atoms with Crippen LogP contribution in [0.25, 0.3) is 6.08 Å². The summed E-state index contributed by atoms with van der Waals surface area (Å²) in [5.41, 5.74) is 3.00. The van der Waals surface area contributed by atoms with Gasteiger partial charge in [0.05, 0.1) is 12.4 Å². The lowest BCUT2D eigenvalue weighted by molar-refractivity contribution is 0.474. The number of hydrogen-bond acceptors (Lipinski definition) is 3. The lowest BCUT2D eigenvalue weighted by Crippen LogP contribution is -1.88. The number of hydrogen-bond donors (Lipinski definition) is 1. The zero-order valence-electron chi connectivity index (χ0n) is 14.8. The van der Waals surface area contributed by atoms with Crippen molar-refractivity contribution in [2.24, 2.45) is 10.2 Å². The number of phenolic OH excluding ortho intramolecular Hbond substituents is 1. The number of benzene rings is 2. The zero-order chi connectivity index (χ0) is 17.7. The Morgan fingerprint density at radius 2 is 1.68 bits per heavy atom. The topological polar surface area (TPSA) is 45.0 Å². The highest BCUT2D eigenvalue weighted by Gasteiger charge is 1.97. The summed E-state index contributed by atoms with van der Waals surface area (Å²) in [5, 5.41) is 18.0. The summed E-state index contributed by atoms with van der Waals surface area (Å²) in [6, 6.07) is 17.4. The van der Waals surface area contributed by atoms with Crippen LogP contribution in [0.5, 0.6) is 5.75 Å². The molecule has 2 aromatic rings. The molecule has 0 heterocycles. The van der Waals surface area contributed by atoms with Crippen molar-refractivity contribution < 1.29 is 5.11 Å². The molecule has 0 amide bonds. The van der Waals surface area contributed by atoms with Crippen molar-refractivity contribution in [3.05, 3.63) is 71.3 Å². The first-order valence-corrected chi connectivity index (χ1v) is 8.89. The Morgan fingerprint density at radius 3 is 2.44 bits per heavy atom. The minimum atomic E-state index is 0.209. The molecule has 1 N–H and O–H groups in total. The number of phenols is 1. The van der Waals surface area contributed by atoms with Gasteiger partial charge in [-0.2, -0.15) is 10.2 Å². The molecule has 130 valence electrons. The molecule has 0 atom stereocenters. The minimum Gasteiger partial charge on any atom is -0.507 e. The maximum atomic E-state index is 9.73. The van der Waals surface area contributed by atoms with Gasteiger partial charge in [0.2, 0.25) is 0 Å². The molecule has 25 heavy (non-hydrogen) atoms. The predicted molar refractivity (Wildman–Crippen MR) is 107 cm³/mol. The predicted octanol–water partition coefficient (Wildman–Crippen LogP) is 5.85. The van der Waals surface area contributed by atoms with E-state index in [1.165, 1.54) is 24.8 Å². The van der Waals surface area contributed by atoms with Crippen LogP contribution in [0.2, 0.25) is 0 Å². The first-order valence-electron chi connectivity index (χ1n) is 8.89. The van der Waals surface area contributed by atoms with Crippen LogP contribution in [0.1, 0.15) is 50.2 Å². The Morgan fingerprint density at radius 1 is 0.920 bits per heavy atom. The molecular weight excluding hydrogens is 308 g/mol. The van der Waals surface area contributed by atoms with Crippen LogP contribution >= 0.6 is 0 Å². The standard InChI is InChI=1S/C22H26N2O/c1-2-3-4-6-13-20(16-19-11-7-5-8-12-19)17-23-24-18-21-14-9-10-15-22(21)25/h5,7-12,14-18,25H,2-4,6,13H2,1H3. The average Bonchev–Trinajstić information content (AvgIpc) is 2.64. The van der Waals surface area contributed by atoms with Crippen LogP contribution in [0, 0.1) is 0 Å². The van der Waals surface area contributed by atoms with Gasteiger partial charge in [0.25, 0.3) is 0 Å². The van der Waals surface area contributed by atoms with E-state index in [1.807, 2.05) is 30.5 Å². The van der Waals surface area contributed by atoms with Crippen LogP contribution in [0.15, 0.2) is 70.4 Å². The van der Waals surface area contributed by atoms with Crippen molar-refractivity contribution in [3.8, 4) is 5.75 Å². The van der Waals surface area contributed by atoms with Gasteiger partial charge in [0.1, 0.15) is 5.75 Å². The number of para-hydroxylation sites is 1. The summed E-state index contributed by atoms with van der Waals surface area (Å²) in [4.78, 5) is 0. The second-order valence-corrected chi connectivity index (χ2v) is 5.99. The fraction of sp³-hybridized carbons (Fsp3) is 0.273. The van der Waals surface area contributed by atoms with Crippen LogP contribution in [0.3, 0.4) is 0 Å². The fourth-order valence-electron chi connectivity index (χ4n) is 2.49. The van der Waals surface area contributed by atoms with Crippen molar-refractivity contribution in [2.75, 3.05) is 0 Å². The zero-order valence-corrected chi connectivity index (χ0v) is 14.8. The summed E-state index contributed by atoms with van der Waals surface area (Å²) in [7, 11) is 0. The van der Waals surface area contributed by atoms with Crippen LogP contribution in [0.4, 0.5) is 0 Å². The maximum absolute atomic E-state index is 9.73. The Balaban J connectivity index is 2.04. The van der Waals surface area contributed by atoms with E-state index >= 15 is 0 Å². The molecule has 0 aliphatic rings. The molecular formula is C22H26N2O. The van der Waals surface area contributed by atoms with E-state index in [-0.39, 0.29) is 5.75 Å². The fourth-order valence-corrected chi connectivity index (χ4v) is 2.49. The molecule has 0 unspecified atom stereocenters. The van der Waals surface area contributed by atoms with E-state index in [2.05, 4.69) is 35.3 Å². The monoisotopic (exact) mass is 334 g/mol. The molecule has 0 spiro atoms. The van der Waals surface area contributed by atoms with Gasteiger partial charge in [-0.3, -0.25) is 0 Å². The second-order valence-electron chi connectivity index (χ2n) is 5.99. The third-order valence-electron chi connectivity index (χ3n) is 3.89. The van der Waals surface area contributed by atoms with Crippen LogP contribution in [-0.4, -0.2) is 17.5 Å². The molecule has 3 heteroatoms. The largest absolute Gasteiger partial charge is 0.507 e. The van der Waals surface area contributed by atoms with Crippen molar-refractivity contribution in [1.29, 1.82) is 0 Å². The summed E-state index contributed by atoms with van der Waals surface area (Å²) in [6.45, 7) is 2.22. The van der Waals surface area contributed by atoms with Crippen molar-refractivity contribution >= 4 is 18.5 Å². The van der Waals surface area contributed by atoms with Gasteiger partial charge in [-0.15, -0.1) is 0 Å². The molecule has 2 aromatic carbocycles. The van der Waals surface area contributed by atoms with Gasteiger partial charge in [-0.05, 0) is 36.1 Å². The van der Waals surface area contributed by atoms with E-state index in [9.17, 15) is 5.11 Å². The number of nitrogens with zero attached hydrogens (tertiary/aromatic N) is 2. The van der Waals surface area contributed by atoms with E-state index in [4.69, 9.17) is 0 Å². The summed E-state index contributed by atoms with van der Waals surface area (Å²) < 4.78 is 0. The number of aromatic hydroxyl groups is 1. The van der Waals surface area contributed by atoms with E-state index in [1.54, 1.807) is 24.4 Å². The molecule has 0 radical (unpaired) electrons. The smallest absolute Gasteiger partial charge is 0.124 e. The molecule has 0 fully saturated rings. The Bertz CT molecular complexity index is 718. The Labute approximate surface area is 150 Å². The van der Waals surface area contributed by atoms with E-state index in [0.717, 1.165) is 18.4 Å². The van der Waals surface area contributed by atoms with Gasteiger partial charge in [-0.1, -0.05) is 74.7 Å².